The SMILES string of the molecule is COc1cc(OC)cc(C([Se]C)([Se]C)C(O)c2ccccc2)c1. The molecule has 0 heterocycles. The maximum atomic E-state index is 11.2. The van der Waals surface area contributed by atoms with E-state index in [4.69, 9.17) is 9.47 Å². The van der Waals surface area contributed by atoms with E-state index in [2.05, 4.69) is 11.6 Å². The first-order valence-electron chi connectivity index (χ1n) is 7.18. The topological polar surface area (TPSA) is 38.7 Å². The Kier molecular flexibility index (Phi) is 6.58. The number of aliphatic hydroxyl groups is 1. The molecule has 0 radical (unpaired) electrons. The van der Waals surface area contributed by atoms with Crippen LogP contribution in [-0.4, -0.2) is 49.2 Å². The van der Waals surface area contributed by atoms with E-state index in [0.29, 0.717) is 0 Å². The van der Waals surface area contributed by atoms with E-state index >= 15 is 0 Å². The van der Waals surface area contributed by atoms with Crippen molar-refractivity contribution in [3.8, 4) is 11.5 Å². The van der Waals surface area contributed by atoms with Crippen LogP contribution in [0.2, 0.25) is 11.6 Å². The summed E-state index contributed by atoms with van der Waals surface area (Å²) in [5.41, 5.74) is 2.05. The van der Waals surface area contributed by atoms with E-state index in [0.717, 1.165) is 22.6 Å². The molecule has 2 rings (SSSR count). The fraction of sp³-hybridized carbons (Fsp3) is 0.333. The standard InChI is InChI=1S/C18H22O3Se2/c1-20-15-10-14(11-16(12-15)21-2)18(22-3,23-4)17(19)13-8-6-5-7-9-13/h5-12,17,19H,1-4H3. The van der Waals surface area contributed by atoms with Gasteiger partial charge in [-0.3, -0.25) is 0 Å². The van der Waals surface area contributed by atoms with Gasteiger partial charge >= 0.3 is 151 Å². The molecule has 1 atom stereocenters. The molecule has 0 aliphatic rings. The van der Waals surface area contributed by atoms with Crippen LogP contribution in [-0.2, 0) is 3.21 Å². The molecule has 0 saturated carbocycles. The molecule has 2 aromatic rings. The summed E-state index contributed by atoms with van der Waals surface area (Å²) in [6.45, 7) is 0. The molecule has 3 nitrogen and oxygen atoms in total. The van der Waals surface area contributed by atoms with Crippen molar-refractivity contribution in [1.29, 1.82) is 0 Å². The van der Waals surface area contributed by atoms with Crippen LogP contribution < -0.4 is 9.47 Å². The minimum absolute atomic E-state index is 0.217. The Bertz CT molecular complexity index is 605. The minimum atomic E-state index is -0.532. The second kappa shape index (κ2) is 8.23. The van der Waals surface area contributed by atoms with Crippen LogP contribution in [0.4, 0.5) is 0 Å². The van der Waals surface area contributed by atoms with E-state index in [9.17, 15) is 5.11 Å². The van der Waals surface area contributed by atoms with Crippen LogP contribution in [0.15, 0.2) is 48.5 Å². The molecular weight excluding hydrogens is 422 g/mol. The summed E-state index contributed by atoms with van der Waals surface area (Å²) in [7, 11) is 3.31. The van der Waals surface area contributed by atoms with Gasteiger partial charge in [-0.25, -0.2) is 0 Å². The third kappa shape index (κ3) is 3.76. The molecule has 2 aromatic carbocycles. The van der Waals surface area contributed by atoms with E-state index in [1.165, 1.54) is 0 Å². The molecule has 1 unspecified atom stereocenters. The molecule has 0 amide bonds. The van der Waals surface area contributed by atoms with E-state index in [1.54, 1.807) is 14.2 Å². The molecule has 0 bridgehead atoms. The summed E-state index contributed by atoms with van der Waals surface area (Å²) < 4.78 is 10.6. The van der Waals surface area contributed by atoms with Crippen LogP contribution >= 0.6 is 0 Å². The van der Waals surface area contributed by atoms with Crippen molar-refractivity contribution in [2.24, 2.45) is 0 Å². The molecule has 5 heteroatoms. The van der Waals surface area contributed by atoms with Crippen molar-refractivity contribution >= 4 is 29.9 Å². The number of methoxy groups -OCH3 is 2. The molecule has 0 aliphatic heterocycles. The summed E-state index contributed by atoms with van der Waals surface area (Å²) in [6.07, 6.45) is -0.532. The third-order valence-corrected chi connectivity index (χ3v) is 11.9. The van der Waals surface area contributed by atoms with Crippen molar-refractivity contribution in [1.82, 2.24) is 0 Å². The van der Waals surface area contributed by atoms with Gasteiger partial charge in [-0.2, -0.15) is 0 Å². The average Bonchev–Trinajstić information content (AvgIpc) is 2.63. The van der Waals surface area contributed by atoms with Crippen LogP contribution in [0.25, 0.3) is 0 Å². The zero-order valence-corrected chi connectivity index (χ0v) is 17.2. The van der Waals surface area contributed by atoms with Crippen molar-refractivity contribution in [3.63, 3.8) is 0 Å². The van der Waals surface area contributed by atoms with Crippen LogP contribution in [0.3, 0.4) is 0 Å². The summed E-state index contributed by atoms with van der Waals surface area (Å²) in [6, 6.07) is 15.8. The predicted octanol–water partition coefficient (Wildman–Crippen LogP) is 3.09. The van der Waals surface area contributed by atoms with Crippen LogP contribution in [0.5, 0.6) is 11.5 Å². The Balaban J connectivity index is 2.56. The quantitative estimate of drug-likeness (QED) is 0.668. The molecule has 0 aromatic heterocycles. The summed E-state index contributed by atoms with van der Waals surface area (Å²) in [4.78, 5) is 0. The molecule has 1 N–H and O–H groups in total. The normalized spacial score (nSPS) is 12.7. The van der Waals surface area contributed by atoms with Gasteiger partial charge in [0.15, 0.2) is 0 Å². The zero-order valence-electron chi connectivity index (χ0n) is 13.8. The number of hydrogen-bond donors (Lipinski definition) is 1. The number of aliphatic hydroxyl groups excluding tert-OH is 1. The summed E-state index contributed by atoms with van der Waals surface area (Å²) >= 11 is 0.433. The number of benzene rings is 2. The molecule has 0 spiro atoms. The molecule has 0 saturated heterocycles. The number of hydrogen-bond acceptors (Lipinski definition) is 3. The van der Waals surface area contributed by atoms with E-state index in [-0.39, 0.29) is 33.1 Å². The van der Waals surface area contributed by atoms with Gasteiger partial charge in [-0.05, 0) is 0 Å². The molecular formula is C18H22O3Se2. The predicted molar refractivity (Wildman–Crippen MR) is 95.9 cm³/mol. The van der Waals surface area contributed by atoms with Crippen LogP contribution in [0.1, 0.15) is 17.2 Å². The Morgan fingerprint density at radius 1 is 0.913 bits per heavy atom. The first kappa shape index (κ1) is 18.4. The fourth-order valence-corrected chi connectivity index (χ4v) is 7.72. The Labute approximate surface area is 150 Å². The van der Waals surface area contributed by atoms with Crippen molar-refractivity contribution in [2.75, 3.05) is 14.2 Å². The first-order valence-corrected chi connectivity index (χ1v) is 12.3. The number of ether oxygens (including phenoxy) is 2. The van der Waals surface area contributed by atoms with Crippen LogP contribution in [0, 0.1) is 0 Å². The Morgan fingerprint density at radius 2 is 1.43 bits per heavy atom. The van der Waals surface area contributed by atoms with Gasteiger partial charge < -0.3 is 0 Å². The van der Waals surface area contributed by atoms with Gasteiger partial charge in [0.1, 0.15) is 0 Å². The van der Waals surface area contributed by atoms with E-state index in [1.807, 2.05) is 48.5 Å². The van der Waals surface area contributed by atoms with Gasteiger partial charge in [0.05, 0.1) is 0 Å². The van der Waals surface area contributed by atoms with Gasteiger partial charge in [0, 0.05) is 0 Å². The first-order chi connectivity index (χ1) is 11.1. The molecule has 124 valence electrons. The second-order valence-electron chi connectivity index (χ2n) is 4.99. The van der Waals surface area contributed by atoms with Gasteiger partial charge in [-0.1, -0.05) is 0 Å². The summed E-state index contributed by atoms with van der Waals surface area (Å²) in [5.74, 6) is 5.90. The maximum absolute atomic E-state index is 11.2. The zero-order chi connectivity index (χ0) is 16.9. The van der Waals surface area contributed by atoms with Gasteiger partial charge in [0.25, 0.3) is 0 Å². The molecule has 0 fully saturated rings. The van der Waals surface area contributed by atoms with E-state index < -0.39 is 6.10 Å². The Hall–Kier alpha value is -0.961. The number of rotatable bonds is 7. The molecule has 23 heavy (non-hydrogen) atoms. The van der Waals surface area contributed by atoms with Crippen molar-refractivity contribution in [2.45, 2.75) is 21.0 Å². The fourth-order valence-electron chi connectivity index (χ4n) is 2.56. The molecule has 0 aliphatic carbocycles. The summed E-state index contributed by atoms with van der Waals surface area (Å²) in [5, 5.41) is 11.2. The van der Waals surface area contributed by atoms with Gasteiger partial charge in [-0.15, -0.1) is 0 Å². The van der Waals surface area contributed by atoms with Gasteiger partial charge in [0.2, 0.25) is 0 Å². The second-order valence-corrected chi connectivity index (χ2v) is 10.7. The van der Waals surface area contributed by atoms with Crippen molar-refractivity contribution < 1.29 is 14.6 Å². The monoisotopic (exact) mass is 446 g/mol. The third-order valence-electron chi connectivity index (χ3n) is 3.84. The van der Waals surface area contributed by atoms with Crippen molar-refractivity contribution in [3.05, 3.63) is 59.7 Å². The Morgan fingerprint density at radius 3 is 1.87 bits per heavy atom. The average molecular weight is 444 g/mol.